The molecule has 0 spiro atoms. The summed E-state index contributed by atoms with van der Waals surface area (Å²) >= 11 is 0. The van der Waals surface area contributed by atoms with E-state index in [2.05, 4.69) is 16.9 Å². The Balaban J connectivity index is 1.49. The molecule has 0 bridgehead atoms. The third-order valence-corrected chi connectivity index (χ3v) is 5.69. The van der Waals surface area contributed by atoms with Crippen LogP contribution in [0.1, 0.15) is 28.8 Å². The maximum atomic E-state index is 12.4. The van der Waals surface area contributed by atoms with Crippen LogP contribution in [0.25, 0.3) is 0 Å². The van der Waals surface area contributed by atoms with Crippen LogP contribution in [-0.4, -0.2) is 51.1 Å². The maximum Gasteiger partial charge on any atom is 0.340 e. The van der Waals surface area contributed by atoms with Gasteiger partial charge in [0.25, 0.3) is 5.91 Å². The molecule has 30 heavy (non-hydrogen) atoms. The lowest BCUT2D eigenvalue weighted by molar-refractivity contribution is -0.135. The van der Waals surface area contributed by atoms with Gasteiger partial charge in [-0.25, -0.2) is 13.2 Å². The molecule has 1 fully saturated rings. The van der Waals surface area contributed by atoms with Gasteiger partial charge in [-0.2, -0.15) is 0 Å². The molecule has 8 heteroatoms. The van der Waals surface area contributed by atoms with Crippen molar-refractivity contribution >= 4 is 27.6 Å². The predicted octanol–water partition coefficient (Wildman–Crippen LogP) is 2.70. The molecular weight excluding hydrogens is 404 g/mol. The number of piperidine rings is 1. The van der Waals surface area contributed by atoms with E-state index in [-0.39, 0.29) is 23.8 Å². The van der Waals surface area contributed by atoms with Crippen molar-refractivity contribution in [1.82, 2.24) is 4.90 Å². The molecule has 1 amide bonds. The van der Waals surface area contributed by atoms with Gasteiger partial charge in [0.05, 0.1) is 17.5 Å². The van der Waals surface area contributed by atoms with Gasteiger partial charge in [0.1, 0.15) is 0 Å². The van der Waals surface area contributed by atoms with Crippen LogP contribution in [0.5, 0.6) is 0 Å². The molecule has 1 saturated heterocycles. The minimum Gasteiger partial charge on any atom is -0.452 e. The van der Waals surface area contributed by atoms with Crippen LogP contribution in [-0.2, 0) is 26.0 Å². The van der Waals surface area contributed by atoms with Gasteiger partial charge in [-0.3, -0.25) is 9.52 Å². The molecule has 0 aliphatic carbocycles. The molecule has 160 valence electrons. The summed E-state index contributed by atoms with van der Waals surface area (Å²) in [5.74, 6) is -0.447. The molecule has 1 aliphatic rings. The number of amides is 1. The molecule has 2 aromatic rings. The predicted molar refractivity (Wildman–Crippen MR) is 115 cm³/mol. The van der Waals surface area contributed by atoms with Crippen molar-refractivity contribution in [2.24, 2.45) is 5.92 Å². The van der Waals surface area contributed by atoms with Crippen molar-refractivity contribution in [3.05, 3.63) is 65.7 Å². The summed E-state index contributed by atoms with van der Waals surface area (Å²) in [5.41, 5.74) is 1.49. The Morgan fingerprint density at radius 1 is 1.03 bits per heavy atom. The normalized spacial score (nSPS) is 14.9. The summed E-state index contributed by atoms with van der Waals surface area (Å²) in [4.78, 5) is 26.5. The molecule has 1 heterocycles. The van der Waals surface area contributed by atoms with Crippen molar-refractivity contribution in [3.8, 4) is 0 Å². The monoisotopic (exact) mass is 430 g/mol. The number of hydrogen-bond donors (Lipinski definition) is 1. The van der Waals surface area contributed by atoms with E-state index in [1.54, 1.807) is 17.0 Å². The average molecular weight is 431 g/mol. The van der Waals surface area contributed by atoms with Gasteiger partial charge in [-0.05, 0) is 42.9 Å². The van der Waals surface area contributed by atoms with Gasteiger partial charge < -0.3 is 9.64 Å². The number of ether oxygens (including phenoxy) is 1. The summed E-state index contributed by atoms with van der Waals surface area (Å²) in [7, 11) is -3.54. The number of carbonyl (C=O) groups is 2. The number of rotatable bonds is 7. The topological polar surface area (TPSA) is 92.8 Å². The lowest BCUT2D eigenvalue weighted by atomic mass is 9.90. The summed E-state index contributed by atoms with van der Waals surface area (Å²) in [6.45, 7) is 0.912. The first-order valence-electron chi connectivity index (χ1n) is 9.87. The van der Waals surface area contributed by atoms with Crippen LogP contribution in [0.15, 0.2) is 54.6 Å². The highest BCUT2D eigenvalue weighted by Gasteiger charge is 2.24. The van der Waals surface area contributed by atoms with Gasteiger partial charge in [0, 0.05) is 13.1 Å². The molecule has 0 aromatic heterocycles. The van der Waals surface area contributed by atoms with E-state index in [1.165, 1.54) is 17.7 Å². The number of esters is 1. The van der Waals surface area contributed by atoms with E-state index >= 15 is 0 Å². The first-order valence-corrected chi connectivity index (χ1v) is 11.8. The number of anilines is 1. The Kier molecular flexibility index (Phi) is 7.10. The van der Waals surface area contributed by atoms with Crippen molar-refractivity contribution in [1.29, 1.82) is 0 Å². The van der Waals surface area contributed by atoms with E-state index < -0.39 is 16.0 Å². The number of likely N-dealkylation sites (tertiary alicyclic amines) is 1. The van der Waals surface area contributed by atoms with Crippen molar-refractivity contribution < 1.29 is 22.7 Å². The fraction of sp³-hybridized carbons (Fsp3) is 0.364. The van der Waals surface area contributed by atoms with Gasteiger partial charge in [-0.1, -0.05) is 42.5 Å². The Morgan fingerprint density at radius 3 is 2.33 bits per heavy atom. The summed E-state index contributed by atoms with van der Waals surface area (Å²) in [6, 6.07) is 16.4. The maximum absolute atomic E-state index is 12.4. The summed E-state index contributed by atoms with van der Waals surface area (Å²) in [6.07, 6.45) is 3.83. The van der Waals surface area contributed by atoms with Crippen LogP contribution < -0.4 is 4.72 Å². The smallest absolute Gasteiger partial charge is 0.340 e. The number of sulfonamides is 1. The first-order chi connectivity index (χ1) is 14.3. The van der Waals surface area contributed by atoms with E-state index in [4.69, 9.17) is 4.74 Å². The minimum atomic E-state index is -3.54. The zero-order chi connectivity index (χ0) is 21.6. The molecular formula is C22H26N2O5S. The number of hydrogen-bond acceptors (Lipinski definition) is 5. The quantitative estimate of drug-likeness (QED) is 0.682. The molecule has 3 rings (SSSR count). The number of carbonyl (C=O) groups excluding carboxylic acids is 2. The van der Waals surface area contributed by atoms with Gasteiger partial charge in [0.15, 0.2) is 6.61 Å². The lowest BCUT2D eigenvalue weighted by Crippen LogP contribution is -2.41. The molecule has 0 radical (unpaired) electrons. The Bertz CT molecular complexity index is 984. The molecule has 1 aliphatic heterocycles. The Morgan fingerprint density at radius 2 is 1.67 bits per heavy atom. The standard InChI is InChI=1S/C22H26N2O5S/c1-30(27,28)23-20-10-6-5-9-19(20)22(26)29-16-21(25)24-13-11-18(12-14-24)15-17-7-3-2-4-8-17/h2-10,18,23H,11-16H2,1H3. The van der Waals surface area contributed by atoms with E-state index in [0.717, 1.165) is 25.5 Å². The third-order valence-electron chi connectivity index (χ3n) is 5.10. The van der Waals surface area contributed by atoms with Crippen molar-refractivity contribution in [2.45, 2.75) is 19.3 Å². The Labute approximate surface area is 177 Å². The largest absolute Gasteiger partial charge is 0.452 e. The molecule has 2 aromatic carbocycles. The van der Waals surface area contributed by atoms with E-state index in [9.17, 15) is 18.0 Å². The van der Waals surface area contributed by atoms with Gasteiger partial charge in [-0.15, -0.1) is 0 Å². The third kappa shape index (κ3) is 6.32. The molecule has 0 unspecified atom stereocenters. The minimum absolute atomic E-state index is 0.0669. The molecule has 0 atom stereocenters. The Hall–Kier alpha value is -2.87. The van der Waals surface area contributed by atoms with Crippen LogP contribution in [0.2, 0.25) is 0 Å². The zero-order valence-corrected chi connectivity index (χ0v) is 17.7. The van der Waals surface area contributed by atoms with Gasteiger partial charge in [0.2, 0.25) is 10.0 Å². The van der Waals surface area contributed by atoms with Crippen molar-refractivity contribution in [2.75, 3.05) is 30.7 Å². The van der Waals surface area contributed by atoms with Crippen molar-refractivity contribution in [3.63, 3.8) is 0 Å². The zero-order valence-electron chi connectivity index (χ0n) is 16.9. The molecule has 1 N–H and O–H groups in total. The SMILES string of the molecule is CS(=O)(=O)Nc1ccccc1C(=O)OCC(=O)N1CCC(Cc2ccccc2)CC1. The van der Waals surface area contributed by atoms with E-state index in [0.29, 0.717) is 19.0 Å². The first kappa shape index (κ1) is 21.8. The highest BCUT2D eigenvalue weighted by Crippen LogP contribution is 2.22. The highest BCUT2D eigenvalue weighted by atomic mass is 32.2. The average Bonchev–Trinajstić information content (AvgIpc) is 2.72. The number of benzene rings is 2. The van der Waals surface area contributed by atoms with Gasteiger partial charge >= 0.3 is 5.97 Å². The lowest BCUT2D eigenvalue weighted by Gasteiger charge is -2.32. The molecule has 0 saturated carbocycles. The van der Waals surface area contributed by atoms with E-state index in [1.807, 2.05) is 18.2 Å². The van der Waals surface area contributed by atoms with Crippen LogP contribution in [0.3, 0.4) is 0 Å². The van der Waals surface area contributed by atoms with Crippen LogP contribution >= 0.6 is 0 Å². The second kappa shape index (κ2) is 9.75. The number of para-hydroxylation sites is 1. The fourth-order valence-electron chi connectivity index (χ4n) is 3.58. The molecule has 7 nitrogen and oxygen atoms in total. The highest BCUT2D eigenvalue weighted by molar-refractivity contribution is 7.92. The van der Waals surface area contributed by atoms with Crippen LogP contribution in [0.4, 0.5) is 5.69 Å². The fourth-order valence-corrected chi connectivity index (χ4v) is 4.16. The van der Waals surface area contributed by atoms with Crippen LogP contribution in [0, 0.1) is 5.92 Å². The summed E-state index contributed by atoms with van der Waals surface area (Å²) < 4.78 is 30.4. The summed E-state index contributed by atoms with van der Waals surface area (Å²) in [5, 5.41) is 0. The second-order valence-corrected chi connectivity index (χ2v) is 9.26. The number of nitrogens with zero attached hydrogens (tertiary/aromatic N) is 1. The second-order valence-electron chi connectivity index (χ2n) is 7.51. The number of nitrogens with one attached hydrogen (secondary N) is 1.